The third-order valence-electron chi connectivity index (χ3n) is 6.12. The summed E-state index contributed by atoms with van der Waals surface area (Å²) in [4.78, 5) is 32.2. The van der Waals surface area contributed by atoms with Crippen LogP contribution in [0.1, 0.15) is 45.1 Å². The fraction of sp³-hybridized carbons (Fsp3) is 0.233. The minimum Gasteiger partial charge on any atom is -0.494 e. The number of esters is 1. The van der Waals surface area contributed by atoms with Crippen LogP contribution < -0.4 is 19.6 Å². The van der Waals surface area contributed by atoms with Crippen LogP contribution in [0.2, 0.25) is 5.02 Å². The van der Waals surface area contributed by atoms with Crippen LogP contribution in [-0.4, -0.2) is 23.2 Å². The molecule has 2 aromatic carbocycles. The molecule has 3 heterocycles. The van der Waals surface area contributed by atoms with Gasteiger partial charge in [0, 0.05) is 16.7 Å². The first-order valence-corrected chi connectivity index (χ1v) is 13.8. The average Bonchev–Trinajstić information content (AvgIpc) is 3.48. The Labute approximate surface area is 234 Å². The number of allylic oxidation sites excluding steroid dienone is 1. The van der Waals surface area contributed by atoms with Crippen LogP contribution in [0, 0.1) is 0 Å². The van der Waals surface area contributed by atoms with Gasteiger partial charge < -0.3 is 13.9 Å². The Balaban J connectivity index is 1.61. The molecule has 1 atom stereocenters. The van der Waals surface area contributed by atoms with Crippen molar-refractivity contribution in [3.63, 3.8) is 0 Å². The zero-order valence-corrected chi connectivity index (χ0v) is 23.5. The largest absolute Gasteiger partial charge is 0.494 e. The second-order valence-electron chi connectivity index (χ2n) is 9.25. The first kappa shape index (κ1) is 26.7. The number of thiazole rings is 1. The third kappa shape index (κ3) is 5.48. The first-order chi connectivity index (χ1) is 18.7. The molecule has 7 nitrogen and oxygen atoms in total. The van der Waals surface area contributed by atoms with E-state index in [-0.39, 0.29) is 11.7 Å². The van der Waals surface area contributed by atoms with Crippen molar-refractivity contribution in [2.24, 2.45) is 4.99 Å². The van der Waals surface area contributed by atoms with Crippen LogP contribution in [0.25, 0.3) is 17.4 Å². The molecule has 0 bridgehead atoms. The number of nitrogens with zero attached hydrogens (tertiary/aromatic N) is 2. The van der Waals surface area contributed by atoms with Crippen LogP contribution in [0.4, 0.5) is 0 Å². The van der Waals surface area contributed by atoms with E-state index in [4.69, 9.17) is 25.5 Å². The molecule has 4 aromatic rings. The molecule has 0 amide bonds. The Kier molecular flexibility index (Phi) is 7.59. The van der Waals surface area contributed by atoms with Gasteiger partial charge in [-0.15, -0.1) is 0 Å². The van der Waals surface area contributed by atoms with Crippen LogP contribution in [0.15, 0.2) is 86.1 Å². The fourth-order valence-electron chi connectivity index (χ4n) is 4.42. The lowest BCUT2D eigenvalue weighted by molar-refractivity contribution is -0.143. The molecular weight excluding hydrogens is 536 g/mol. The molecule has 5 rings (SSSR count). The number of hydrogen-bond acceptors (Lipinski definition) is 7. The Morgan fingerprint density at radius 1 is 1.13 bits per heavy atom. The van der Waals surface area contributed by atoms with Crippen molar-refractivity contribution < 1.29 is 18.7 Å². The van der Waals surface area contributed by atoms with E-state index in [1.165, 1.54) is 11.3 Å². The summed E-state index contributed by atoms with van der Waals surface area (Å²) in [5.74, 6) is 1.39. The van der Waals surface area contributed by atoms with Crippen molar-refractivity contribution >= 4 is 35.0 Å². The molecule has 0 saturated heterocycles. The van der Waals surface area contributed by atoms with Crippen molar-refractivity contribution in [2.45, 2.75) is 39.8 Å². The summed E-state index contributed by atoms with van der Waals surface area (Å²) >= 11 is 7.25. The number of hydrogen-bond donors (Lipinski definition) is 0. The molecule has 0 N–H and O–H groups in total. The van der Waals surface area contributed by atoms with E-state index in [1.54, 1.807) is 43.5 Å². The number of carbonyl (C=O) groups excluding carboxylic acids is 1. The lowest BCUT2D eigenvalue weighted by atomic mass is 9.96. The second kappa shape index (κ2) is 11.1. The van der Waals surface area contributed by atoms with E-state index in [0.29, 0.717) is 49.5 Å². The molecule has 9 heteroatoms. The van der Waals surface area contributed by atoms with Gasteiger partial charge in [-0.2, -0.15) is 0 Å². The minimum atomic E-state index is -0.702. The summed E-state index contributed by atoms with van der Waals surface area (Å²) in [7, 11) is 0. The van der Waals surface area contributed by atoms with E-state index in [0.717, 1.165) is 11.1 Å². The molecule has 1 aliphatic rings. The maximum Gasteiger partial charge on any atom is 0.338 e. The van der Waals surface area contributed by atoms with E-state index in [1.807, 2.05) is 55.5 Å². The number of rotatable bonds is 7. The smallest absolute Gasteiger partial charge is 0.338 e. The fourth-order valence-corrected chi connectivity index (χ4v) is 5.57. The lowest BCUT2D eigenvalue weighted by Crippen LogP contribution is -2.40. The summed E-state index contributed by atoms with van der Waals surface area (Å²) in [6.45, 7) is 7.79. The van der Waals surface area contributed by atoms with Crippen LogP contribution in [0.5, 0.6) is 5.75 Å². The van der Waals surface area contributed by atoms with Gasteiger partial charge in [-0.05, 0) is 81.8 Å². The zero-order chi connectivity index (χ0) is 27.7. The maximum atomic E-state index is 13.8. The van der Waals surface area contributed by atoms with Crippen molar-refractivity contribution in [3.05, 3.63) is 108 Å². The maximum absolute atomic E-state index is 13.8. The predicted molar refractivity (Wildman–Crippen MR) is 152 cm³/mol. The Bertz CT molecular complexity index is 1730. The number of aromatic nitrogens is 1. The summed E-state index contributed by atoms with van der Waals surface area (Å²) in [5.41, 5.74) is 2.19. The molecule has 1 aliphatic heterocycles. The highest BCUT2D eigenvalue weighted by Crippen LogP contribution is 2.32. The van der Waals surface area contributed by atoms with Crippen molar-refractivity contribution in [1.29, 1.82) is 0 Å². The Morgan fingerprint density at radius 2 is 1.85 bits per heavy atom. The number of ether oxygens (including phenoxy) is 2. The minimum absolute atomic E-state index is 0.274. The molecule has 0 aliphatic carbocycles. The zero-order valence-electron chi connectivity index (χ0n) is 21.9. The molecule has 200 valence electrons. The Hall–Kier alpha value is -3.88. The van der Waals surface area contributed by atoms with E-state index in [2.05, 4.69) is 4.99 Å². The monoisotopic (exact) mass is 562 g/mol. The molecule has 39 heavy (non-hydrogen) atoms. The van der Waals surface area contributed by atoms with E-state index >= 15 is 0 Å². The van der Waals surface area contributed by atoms with Gasteiger partial charge in [-0.25, -0.2) is 9.79 Å². The number of halogens is 1. The van der Waals surface area contributed by atoms with Gasteiger partial charge in [0.05, 0.1) is 34.6 Å². The summed E-state index contributed by atoms with van der Waals surface area (Å²) in [5, 5.41) is 0.640. The normalized spacial score (nSPS) is 15.3. The highest BCUT2D eigenvalue weighted by molar-refractivity contribution is 7.07. The van der Waals surface area contributed by atoms with Crippen LogP contribution in [0.3, 0.4) is 0 Å². The molecule has 0 saturated carbocycles. The molecule has 2 aromatic heterocycles. The average molecular weight is 563 g/mol. The quantitative estimate of drug-likeness (QED) is 0.278. The highest BCUT2D eigenvalue weighted by atomic mass is 35.5. The van der Waals surface area contributed by atoms with Crippen LogP contribution >= 0.6 is 22.9 Å². The first-order valence-electron chi connectivity index (χ1n) is 12.6. The lowest BCUT2D eigenvalue weighted by Gasteiger charge is -2.25. The van der Waals surface area contributed by atoms with Gasteiger partial charge in [-0.1, -0.05) is 35.1 Å². The number of furan rings is 1. The SMILES string of the molecule is CCOc1ccc([C@@H]2C(C(=O)OC(C)C)=C(C)N=c3s/c(=C/c4ccc(-c5ccc(Cl)cc5)o4)c(=O)n32)cc1. The Morgan fingerprint density at radius 3 is 2.51 bits per heavy atom. The van der Waals surface area contributed by atoms with Gasteiger partial charge in [0.15, 0.2) is 4.80 Å². The van der Waals surface area contributed by atoms with Crippen molar-refractivity contribution in [1.82, 2.24) is 4.57 Å². The third-order valence-corrected chi connectivity index (χ3v) is 7.35. The van der Waals surface area contributed by atoms with Gasteiger partial charge in [0.25, 0.3) is 5.56 Å². The molecule has 0 radical (unpaired) electrons. The standard InChI is InChI=1S/C30H27ClN2O5S/c1-5-36-22-12-8-20(9-13-22)27-26(29(35)37-17(2)3)18(4)32-30-33(27)28(34)25(39-30)16-23-14-15-24(38-23)19-6-10-21(31)11-7-19/h6-17,27H,5H2,1-4H3/b25-16+/t27-/m1/s1. The number of fused-ring (bicyclic) bond motifs is 1. The second-order valence-corrected chi connectivity index (χ2v) is 10.7. The predicted octanol–water partition coefficient (Wildman–Crippen LogP) is 5.50. The number of benzene rings is 2. The summed E-state index contributed by atoms with van der Waals surface area (Å²) in [6.07, 6.45) is 1.38. The van der Waals surface area contributed by atoms with Gasteiger partial charge >= 0.3 is 5.97 Å². The molecular formula is C30H27ClN2O5S. The molecule has 0 spiro atoms. The van der Waals surface area contributed by atoms with Gasteiger partial charge in [0.2, 0.25) is 0 Å². The molecule has 0 fully saturated rings. The van der Waals surface area contributed by atoms with Gasteiger partial charge in [-0.3, -0.25) is 9.36 Å². The topological polar surface area (TPSA) is 83.0 Å². The van der Waals surface area contributed by atoms with Crippen molar-refractivity contribution in [2.75, 3.05) is 6.61 Å². The number of carbonyl (C=O) groups is 1. The van der Waals surface area contributed by atoms with Crippen LogP contribution in [-0.2, 0) is 9.53 Å². The summed E-state index contributed by atoms with van der Waals surface area (Å²) in [6, 6.07) is 17.7. The summed E-state index contributed by atoms with van der Waals surface area (Å²) < 4.78 is 19.1. The van der Waals surface area contributed by atoms with E-state index < -0.39 is 12.0 Å². The van der Waals surface area contributed by atoms with E-state index in [9.17, 15) is 9.59 Å². The van der Waals surface area contributed by atoms with Gasteiger partial charge in [0.1, 0.15) is 17.3 Å². The molecule has 0 unspecified atom stereocenters. The highest BCUT2D eigenvalue weighted by Gasteiger charge is 2.33. The van der Waals surface area contributed by atoms with Crippen molar-refractivity contribution in [3.8, 4) is 17.1 Å².